The second kappa shape index (κ2) is 8.40. The van der Waals surface area contributed by atoms with Crippen LogP contribution in [0.1, 0.15) is 62.3 Å². The van der Waals surface area contributed by atoms with Gasteiger partial charge in [0, 0.05) is 19.1 Å². The van der Waals surface area contributed by atoms with Crippen LogP contribution >= 0.6 is 12.4 Å². The third kappa shape index (κ3) is 4.50. The Morgan fingerprint density at radius 3 is 2.44 bits per heavy atom. The lowest BCUT2D eigenvalue weighted by Gasteiger charge is -2.19. The Balaban J connectivity index is 0.00000261. The van der Waals surface area contributed by atoms with Gasteiger partial charge in [-0.1, -0.05) is 51.5 Å². The number of hydrogen-bond donors (Lipinski definition) is 1. The monoisotopic (exact) mass is 391 g/mol. The molecule has 27 heavy (non-hydrogen) atoms. The van der Waals surface area contributed by atoms with Gasteiger partial charge in [-0.2, -0.15) is 0 Å². The van der Waals surface area contributed by atoms with Gasteiger partial charge in [0.25, 0.3) is 5.91 Å². The predicted molar refractivity (Wildman–Crippen MR) is 110 cm³/mol. The van der Waals surface area contributed by atoms with Crippen LogP contribution in [0.25, 0.3) is 5.69 Å². The number of nitrogens with two attached hydrogens (primary N) is 1. The molecule has 0 bridgehead atoms. The normalized spacial score (nSPS) is 17.1. The van der Waals surface area contributed by atoms with Crippen LogP contribution in [-0.4, -0.2) is 44.9 Å². The number of benzene rings is 1. The molecule has 0 saturated carbocycles. The van der Waals surface area contributed by atoms with Gasteiger partial charge in [0.2, 0.25) is 0 Å². The Hall–Kier alpha value is -1.92. The molecule has 2 heterocycles. The van der Waals surface area contributed by atoms with Crippen LogP contribution in [0, 0.1) is 0 Å². The molecular weight excluding hydrogens is 362 g/mol. The first kappa shape index (κ1) is 21.4. The van der Waals surface area contributed by atoms with Crippen molar-refractivity contribution in [2.75, 3.05) is 13.1 Å². The summed E-state index contributed by atoms with van der Waals surface area (Å²) in [5.41, 5.74) is 9.58. The SMILES string of the molecule is CCCc1c(C(=O)N2CC[C@@H](N)C2)nnn1-c1ccc(C(C)(C)C)cc1.Cl. The average Bonchev–Trinajstić information content (AvgIpc) is 3.21. The number of halogens is 1. The summed E-state index contributed by atoms with van der Waals surface area (Å²) in [4.78, 5) is 14.7. The third-order valence-corrected chi connectivity index (χ3v) is 4.94. The van der Waals surface area contributed by atoms with E-state index in [4.69, 9.17) is 5.73 Å². The molecule has 1 aliphatic rings. The van der Waals surface area contributed by atoms with Crippen LogP contribution in [0.5, 0.6) is 0 Å². The van der Waals surface area contributed by atoms with E-state index in [2.05, 4.69) is 62.3 Å². The van der Waals surface area contributed by atoms with Crippen LogP contribution in [0.3, 0.4) is 0 Å². The molecule has 0 aliphatic carbocycles. The molecule has 0 spiro atoms. The minimum Gasteiger partial charge on any atom is -0.336 e. The number of amides is 1. The Kier molecular flexibility index (Phi) is 6.65. The van der Waals surface area contributed by atoms with Gasteiger partial charge >= 0.3 is 0 Å². The maximum atomic E-state index is 12.9. The van der Waals surface area contributed by atoms with E-state index >= 15 is 0 Å². The summed E-state index contributed by atoms with van der Waals surface area (Å²) < 4.78 is 1.80. The maximum absolute atomic E-state index is 12.9. The topological polar surface area (TPSA) is 77.0 Å². The molecule has 1 saturated heterocycles. The van der Waals surface area contributed by atoms with Gasteiger partial charge in [0.1, 0.15) is 0 Å². The van der Waals surface area contributed by atoms with E-state index in [9.17, 15) is 4.79 Å². The molecule has 2 N–H and O–H groups in total. The van der Waals surface area contributed by atoms with E-state index < -0.39 is 0 Å². The molecule has 148 valence electrons. The fraction of sp³-hybridized carbons (Fsp3) is 0.550. The van der Waals surface area contributed by atoms with Crippen molar-refractivity contribution in [1.82, 2.24) is 19.9 Å². The van der Waals surface area contributed by atoms with Crippen LogP contribution in [0.2, 0.25) is 0 Å². The van der Waals surface area contributed by atoms with Crippen molar-refractivity contribution in [3.05, 3.63) is 41.2 Å². The number of aromatic nitrogens is 3. The highest BCUT2D eigenvalue weighted by atomic mass is 35.5. The maximum Gasteiger partial charge on any atom is 0.276 e. The van der Waals surface area contributed by atoms with Gasteiger partial charge in [0.05, 0.1) is 11.4 Å². The molecule has 1 aliphatic heterocycles. The fourth-order valence-electron chi connectivity index (χ4n) is 3.36. The molecule has 1 aromatic heterocycles. The smallest absolute Gasteiger partial charge is 0.276 e. The molecule has 2 aromatic rings. The molecule has 7 heteroatoms. The van der Waals surface area contributed by atoms with Gasteiger partial charge in [-0.15, -0.1) is 17.5 Å². The third-order valence-electron chi connectivity index (χ3n) is 4.94. The molecule has 3 rings (SSSR count). The zero-order valence-electron chi connectivity index (χ0n) is 16.6. The average molecular weight is 392 g/mol. The van der Waals surface area contributed by atoms with E-state index in [1.807, 2.05) is 0 Å². The van der Waals surface area contributed by atoms with Crippen molar-refractivity contribution in [1.29, 1.82) is 0 Å². The molecule has 1 atom stereocenters. The summed E-state index contributed by atoms with van der Waals surface area (Å²) in [6.07, 6.45) is 2.53. The van der Waals surface area contributed by atoms with E-state index in [0.717, 1.165) is 30.6 Å². The highest BCUT2D eigenvalue weighted by Crippen LogP contribution is 2.24. The number of carbonyl (C=O) groups is 1. The molecule has 0 unspecified atom stereocenters. The van der Waals surface area contributed by atoms with Crippen molar-refractivity contribution < 1.29 is 4.79 Å². The Morgan fingerprint density at radius 2 is 1.93 bits per heavy atom. The first-order valence-corrected chi connectivity index (χ1v) is 9.41. The van der Waals surface area contributed by atoms with Crippen LogP contribution in [-0.2, 0) is 11.8 Å². The molecule has 6 nitrogen and oxygen atoms in total. The zero-order valence-corrected chi connectivity index (χ0v) is 17.4. The van der Waals surface area contributed by atoms with Crippen molar-refractivity contribution >= 4 is 18.3 Å². The Labute approximate surface area is 167 Å². The molecular formula is C20H30ClN5O. The van der Waals surface area contributed by atoms with Crippen LogP contribution < -0.4 is 5.73 Å². The van der Waals surface area contributed by atoms with E-state index in [1.165, 1.54) is 5.56 Å². The minimum absolute atomic E-state index is 0. The summed E-state index contributed by atoms with van der Waals surface area (Å²) in [5.74, 6) is -0.0565. The van der Waals surface area contributed by atoms with Gasteiger partial charge < -0.3 is 10.6 Å². The largest absolute Gasteiger partial charge is 0.336 e. The first-order valence-electron chi connectivity index (χ1n) is 9.41. The van der Waals surface area contributed by atoms with Crippen molar-refractivity contribution in [2.45, 2.75) is 58.4 Å². The van der Waals surface area contributed by atoms with E-state index in [-0.39, 0.29) is 29.8 Å². The second-order valence-corrected chi connectivity index (χ2v) is 8.14. The standard InChI is InChI=1S/C20H29N5O.ClH/c1-5-6-17-18(19(26)24-12-11-15(21)13-24)22-23-25(17)16-9-7-14(8-10-16)20(2,3)4;/h7-10,15H,5-6,11-13,21H2,1-4H3;1H/t15-;/m1./s1. The summed E-state index contributed by atoms with van der Waals surface area (Å²) in [6.45, 7) is 9.96. The molecule has 1 fully saturated rings. The highest BCUT2D eigenvalue weighted by molar-refractivity contribution is 5.93. The van der Waals surface area contributed by atoms with Crippen molar-refractivity contribution in [2.24, 2.45) is 5.73 Å². The van der Waals surface area contributed by atoms with E-state index in [0.29, 0.717) is 18.8 Å². The Morgan fingerprint density at radius 1 is 1.26 bits per heavy atom. The summed E-state index contributed by atoms with van der Waals surface area (Å²) in [7, 11) is 0. The van der Waals surface area contributed by atoms with Gasteiger partial charge in [-0.05, 0) is 36.0 Å². The fourth-order valence-corrected chi connectivity index (χ4v) is 3.36. The number of likely N-dealkylation sites (tertiary alicyclic amines) is 1. The van der Waals surface area contributed by atoms with Crippen molar-refractivity contribution in [3.8, 4) is 5.69 Å². The number of carbonyl (C=O) groups excluding carboxylic acids is 1. The first-order chi connectivity index (χ1) is 12.3. The summed E-state index contributed by atoms with van der Waals surface area (Å²) in [5, 5.41) is 8.53. The minimum atomic E-state index is -0.0565. The number of nitrogens with zero attached hydrogens (tertiary/aromatic N) is 4. The summed E-state index contributed by atoms with van der Waals surface area (Å²) in [6, 6.07) is 8.40. The van der Waals surface area contributed by atoms with Gasteiger partial charge in [-0.3, -0.25) is 4.79 Å². The van der Waals surface area contributed by atoms with Crippen LogP contribution in [0.4, 0.5) is 0 Å². The molecule has 1 amide bonds. The summed E-state index contributed by atoms with van der Waals surface area (Å²) >= 11 is 0. The number of rotatable bonds is 4. The zero-order chi connectivity index (χ0) is 18.9. The lowest BCUT2D eigenvalue weighted by Crippen LogP contribution is -2.32. The number of hydrogen-bond acceptors (Lipinski definition) is 4. The van der Waals surface area contributed by atoms with Crippen molar-refractivity contribution in [3.63, 3.8) is 0 Å². The predicted octanol–water partition coefficient (Wildman–Crippen LogP) is 3.11. The van der Waals surface area contributed by atoms with E-state index in [1.54, 1.807) is 9.58 Å². The second-order valence-electron chi connectivity index (χ2n) is 8.14. The quantitative estimate of drug-likeness (QED) is 0.868. The van der Waals surface area contributed by atoms with Gasteiger partial charge in [-0.25, -0.2) is 4.68 Å². The molecule has 0 radical (unpaired) electrons. The highest BCUT2D eigenvalue weighted by Gasteiger charge is 2.29. The lowest BCUT2D eigenvalue weighted by molar-refractivity contribution is 0.0784. The van der Waals surface area contributed by atoms with Gasteiger partial charge in [0.15, 0.2) is 5.69 Å². The molecule has 1 aromatic carbocycles. The Bertz CT molecular complexity index is 779. The van der Waals surface area contributed by atoms with Crippen LogP contribution in [0.15, 0.2) is 24.3 Å². The lowest BCUT2D eigenvalue weighted by atomic mass is 9.87.